The van der Waals surface area contributed by atoms with Crippen molar-refractivity contribution in [1.29, 1.82) is 0 Å². The number of carbonyl (C=O) groups is 2. The molecule has 0 aliphatic carbocycles. The van der Waals surface area contributed by atoms with Crippen molar-refractivity contribution in [1.82, 2.24) is 0 Å². The largest absolute Gasteiger partial charge is 3.00 e. The van der Waals surface area contributed by atoms with E-state index >= 15 is 0 Å². The van der Waals surface area contributed by atoms with E-state index in [-0.39, 0.29) is 75.9 Å². The average Bonchev–Trinajstić information content (AvgIpc) is 3.16. The van der Waals surface area contributed by atoms with Crippen LogP contribution < -0.4 is 21.2 Å². The molecule has 0 aliphatic rings. The molecule has 5 aromatic rings. The van der Waals surface area contributed by atoms with Gasteiger partial charge in [0.15, 0.2) is 0 Å². The summed E-state index contributed by atoms with van der Waals surface area (Å²) in [6.45, 7) is 12.5. The second-order valence-corrected chi connectivity index (χ2v) is 19.7. The second kappa shape index (κ2) is 29.0. The molecule has 0 aliphatic heterocycles. The zero-order valence-corrected chi connectivity index (χ0v) is 40.1. The van der Waals surface area contributed by atoms with Gasteiger partial charge in [-0.3, -0.25) is 0 Å². The van der Waals surface area contributed by atoms with Gasteiger partial charge in [-0.25, -0.2) is 0 Å². The van der Waals surface area contributed by atoms with Crippen molar-refractivity contribution in [3.8, 4) is 5.75 Å². The number of aromatic hydroxyl groups is 1. The maximum absolute atomic E-state index is 15.0. The van der Waals surface area contributed by atoms with E-state index in [4.69, 9.17) is 46.0 Å². The van der Waals surface area contributed by atoms with Crippen LogP contribution in [-0.2, 0) is 36.5 Å². The van der Waals surface area contributed by atoms with E-state index in [0.717, 1.165) is 26.8 Å². The van der Waals surface area contributed by atoms with Crippen LogP contribution >= 0.6 is 14.3 Å². The number of phenols is 1. The summed E-state index contributed by atoms with van der Waals surface area (Å²) in [6.07, 6.45) is 0.315. The SMILES string of the molecule is CC(C)(C)c1cc(CP(=O)(c2ccccc2)c2ccccc2)c(O)c(CP(=O)(c2ccccc2)c2ccccc2)c1.CC(C)=O.CC(C)=O.O=[N+]([O-])[O-].O=[N+]([O-])[O-].O=[N+]([O-])[O-].[Nd+3]. The van der Waals surface area contributed by atoms with Crippen LogP contribution in [0, 0.1) is 86.8 Å². The molecule has 62 heavy (non-hydrogen) atoms. The summed E-state index contributed by atoms with van der Waals surface area (Å²) in [6, 6.07) is 42.0. The van der Waals surface area contributed by atoms with Gasteiger partial charge in [0.1, 0.15) is 31.6 Å². The number of phenolic OH excluding ortho intramolecular Hbond substituents is 1. The van der Waals surface area contributed by atoms with Crippen LogP contribution in [0.4, 0.5) is 0 Å². The standard InChI is InChI=1S/C36H36O3P2.2C3H6O.3NO3.Nd/c1-36(2,3)30-24-28(26-40(38,31-16-8-4-9-17-31)32-18-10-5-11-19-32)35(37)29(25-30)27-41(39,33-20-12-6-13-21-33)34-22-14-7-15-23-34;2*1-3(2)4;3*2-1(3)4;/h4-25,37H,26-27H2,1-3H3;2*1-2H3;;;;/q;;;3*-1;+3. The van der Waals surface area contributed by atoms with Gasteiger partial charge in [-0.2, -0.15) is 0 Å². The molecule has 17 nitrogen and oxygen atoms in total. The first-order valence-corrected chi connectivity index (χ1v) is 21.7. The van der Waals surface area contributed by atoms with Crippen LogP contribution in [0.15, 0.2) is 133 Å². The molecule has 1 N–H and O–H groups in total. The zero-order valence-electron chi connectivity index (χ0n) is 35.1. The summed E-state index contributed by atoms with van der Waals surface area (Å²) in [5, 5.41) is 59.1. The Labute approximate surface area is 392 Å². The van der Waals surface area contributed by atoms with Crippen molar-refractivity contribution >= 4 is 47.1 Å². The monoisotopic (exact) mass is 1020 g/mol. The molecule has 5 aromatic carbocycles. The second-order valence-electron chi connectivity index (χ2n) is 14.0. The molecule has 0 amide bonds. The van der Waals surface area contributed by atoms with Crippen LogP contribution in [0.2, 0.25) is 0 Å². The van der Waals surface area contributed by atoms with E-state index in [1.807, 2.05) is 133 Å². The van der Waals surface area contributed by atoms with Crippen molar-refractivity contribution in [3.05, 3.63) is 196 Å². The van der Waals surface area contributed by atoms with Gasteiger partial charge < -0.3 is 69.8 Å². The van der Waals surface area contributed by atoms with E-state index in [9.17, 15) is 23.8 Å². The van der Waals surface area contributed by atoms with Crippen molar-refractivity contribution < 1.29 is 79.9 Å². The average molecular weight is 1030 g/mol. The van der Waals surface area contributed by atoms with Crippen LogP contribution in [0.3, 0.4) is 0 Å². The Bertz CT molecular complexity index is 1970. The van der Waals surface area contributed by atoms with Gasteiger partial charge in [0.05, 0.1) is 15.3 Å². The first-order valence-electron chi connectivity index (χ1n) is 17.9. The molecule has 20 heteroatoms. The molecule has 1 radical (unpaired) electrons. The van der Waals surface area contributed by atoms with E-state index in [1.165, 1.54) is 27.7 Å². The van der Waals surface area contributed by atoms with E-state index in [0.29, 0.717) is 11.1 Å². The molecular formula is C42H48N3NdO14P2. The molecule has 0 saturated heterocycles. The van der Waals surface area contributed by atoms with Crippen LogP contribution in [-0.4, -0.2) is 31.9 Å². The molecule has 0 saturated carbocycles. The quantitative estimate of drug-likeness (QED) is 0.0871. The van der Waals surface area contributed by atoms with Gasteiger partial charge in [-0.05, 0) is 38.7 Å². The van der Waals surface area contributed by atoms with Gasteiger partial charge in [-0.1, -0.05) is 154 Å². The van der Waals surface area contributed by atoms with Crippen molar-refractivity contribution in [2.75, 3.05) is 0 Å². The summed E-state index contributed by atoms with van der Waals surface area (Å²) >= 11 is 0. The number of hydrogen-bond donors (Lipinski definition) is 1. The molecule has 0 atom stereocenters. The number of Topliss-reactive ketones (excluding diaryl/α,β-unsaturated/α-hetero) is 2. The number of ketones is 2. The number of benzene rings is 5. The summed E-state index contributed by atoms with van der Waals surface area (Å²) in [5.74, 6) is 0.400. The van der Waals surface area contributed by atoms with Crippen molar-refractivity contribution in [2.24, 2.45) is 0 Å². The minimum absolute atomic E-state index is 0. The normalized spacial score (nSPS) is 10.1. The molecule has 329 valence electrons. The maximum atomic E-state index is 15.0. The Morgan fingerprint density at radius 3 is 0.839 bits per heavy atom. The fraction of sp³-hybridized carbons (Fsp3) is 0.238. The third-order valence-electron chi connectivity index (χ3n) is 7.61. The zero-order chi connectivity index (χ0) is 47.0. The predicted octanol–water partition coefficient (Wildman–Crippen LogP) is 8.19. The van der Waals surface area contributed by atoms with Gasteiger partial charge in [0.25, 0.3) is 0 Å². The Balaban J connectivity index is 0. The van der Waals surface area contributed by atoms with Crippen LogP contribution in [0.5, 0.6) is 5.75 Å². The molecule has 5 rings (SSSR count). The summed E-state index contributed by atoms with van der Waals surface area (Å²) in [7, 11) is -6.32. The fourth-order valence-electron chi connectivity index (χ4n) is 5.25. The minimum atomic E-state index is -3.16. The first kappa shape index (κ1) is 58.7. The van der Waals surface area contributed by atoms with Gasteiger partial charge >= 0.3 is 40.8 Å². The molecule has 0 fully saturated rings. The first-order chi connectivity index (χ1) is 28.3. The third-order valence-corrected chi connectivity index (χ3v) is 13.7. The number of carbonyl (C=O) groups excluding carboxylic acids is 2. The Morgan fingerprint density at radius 2 is 0.677 bits per heavy atom. The smallest absolute Gasteiger partial charge is 0.507 e. The van der Waals surface area contributed by atoms with Crippen LogP contribution in [0.25, 0.3) is 0 Å². The minimum Gasteiger partial charge on any atom is -0.507 e. The summed E-state index contributed by atoms with van der Waals surface area (Å²) < 4.78 is 29.9. The van der Waals surface area contributed by atoms with Gasteiger partial charge in [0.2, 0.25) is 0 Å². The molecule has 0 spiro atoms. The van der Waals surface area contributed by atoms with Crippen LogP contribution in [0.1, 0.15) is 65.2 Å². The molecule has 0 unspecified atom stereocenters. The number of nitrogens with zero attached hydrogens (tertiary/aromatic N) is 3. The van der Waals surface area contributed by atoms with E-state index < -0.39 is 29.5 Å². The predicted molar refractivity (Wildman–Crippen MR) is 238 cm³/mol. The number of hydrogen-bond acceptors (Lipinski definition) is 14. The summed E-state index contributed by atoms with van der Waals surface area (Å²) in [4.78, 5) is 43.6. The molecule has 0 aromatic heterocycles. The van der Waals surface area contributed by atoms with Crippen molar-refractivity contribution in [2.45, 2.75) is 66.2 Å². The third kappa shape index (κ3) is 23.0. The Morgan fingerprint density at radius 1 is 0.500 bits per heavy atom. The molecule has 0 heterocycles. The van der Waals surface area contributed by atoms with Crippen molar-refractivity contribution in [3.63, 3.8) is 0 Å². The fourth-order valence-corrected chi connectivity index (χ4v) is 10.6. The maximum Gasteiger partial charge on any atom is 3.00 e. The van der Waals surface area contributed by atoms with Gasteiger partial charge in [0, 0.05) is 44.7 Å². The Hall–Kier alpha value is -5.35. The molecular weight excluding hydrogens is 977 g/mol. The molecule has 0 bridgehead atoms. The Kier molecular flexibility index (Phi) is 27.5. The van der Waals surface area contributed by atoms with E-state index in [1.54, 1.807) is 0 Å². The topological polar surface area (TPSA) is 287 Å². The number of rotatable bonds is 8. The van der Waals surface area contributed by atoms with E-state index in [2.05, 4.69) is 20.8 Å². The summed E-state index contributed by atoms with van der Waals surface area (Å²) in [5.41, 5.74) is 1.97. The van der Waals surface area contributed by atoms with Gasteiger partial charge in [-0.15, -0.1) is 0 Å².